The topological polar surface area (TPSA) is 42.7 Å². The molecule has 0 radical (unpaired) electrons. The molecule has 0 bridgehead atoms. The maximum atomic E-state index is 4.18. The predicted molar refractivity (Wildman–Crippen MR) is 64.0 cm³/mol. The van der Waals surface area contributed by atoms with Crippen molar-refractivity contribution in [1.29, 1.82) is 0 Å². The highest BCUT2D eigenvalue weighted by Crippen LogP contribution is 2.27. The zero-order valence-corrected chi connectivity index (χ0v) is 10.5. The van der Waals surface area contributed by atoms with Gasteiger partial charge in [-0.25, -0.2) is 0 Å². The molecule has 0 unspecified atom stereocenters. The monoisotopic (exact) mass is 222 g/mol. The van der Waals surface area contributed by atoms with Crippen molar-refractivity contribution in [1.82, 2.24) is 20.3 Å². The van der Waals surface area contributed by atoms with Gasteiger partial charge < -0.3 is 5.32 Å². The number of hydrogen-bond acceptors (Lipinski definition) is 3. The van der Waals surface area contributed by atoms with Gasteiger partial charge in [0.05, 0.1) is 5.69 Å². The van der Waals surface area contributed by atoms with E-state index in [4.69, 9.17) is 0 Å². The molecule has 90 valence electrons. The fourth-order valence-corrected chi connectivity index (χ4v) is 1.80. The second kappa shape index (κ2) is 4.53. The smallest absolute Gasteiger partial charge is 0.0965 e. The van der Waals surface area contributed by atoms with E-state index in [2.05, 4.69) is 42.6 Å². The van der Waals surface area contributed by atoms with Crippen LogP contribution >= 0.6 is 0 Å². The molecule has 2 rings (SSSR count). The summed E-state index contributed by atoms with van der Waals surface area (Å²) in [5, 5.41) is 11.8. The Kier molecular flexibility index (Phi) is 3.28. The Labute approximate surface area is 97.4 Å². The molecule has 1 fully saturated rings. The van der Waals surface area contributed by atoms with E-state index in [1.807, 2.05) is 4.68 Å². The average molecular weight is 222 g/mol. The number of nitrogens with one attached hydrogen (secondary N) is 1. The van der Waals surface area contributed by atoms with Crippen LogP contribution in [-0.2, 0) is 13.1 Å². The molecule has 1 heterocycles. The fourth-order valence-electron chi connectivity index (χ4n) is 1.80. The molecule has 0 aromatic carbocycles. The van der Waals surface area contributed by atoms with Crippen molar-refractivity contribution in [2.45, 2.75) is 58.7 Å². The second-order valence-electron chi connectivity index (χ2n) is 5.83. The van der Waals surface area contributed by atoms with Crippen LogP contribution in [0.15, 0.2) is 6.20 Å². The number of rotatable bonds is 4. The van der Waals surface area contributed by atoms with Crippen LogP contribution in [0.4, 0.5) is 0 Å². The van der Waals surface area contributed by atoms with Gasteiger partial charge in [0, 0.05) is 24.8 Å². The lowest BCUT2D eigenvalue weighted by Crippen LogP contribution is -2.35. The predicted octanol–water partition coefficient (Wildman–Crippen LogP) is 1.97. The van der Waals surface area contributed by atoms with E-state index in [9.17, 15) is 0 Å². The number of aromatic nitrogens is 3. The molecule has 4 nitrogen and oxygen atoms in total. The summed E-state index contributed by atoms with van der Waals surface area (Å²) in [6, 6.07) is 0. The Morgan fingerprint density at radius 3 is 2.75 bits per heavy atom. The summed E-state index contributed by atoms with van der Waals surface area (Å²) >= 11 is 0. The zero-order valence-electron chi connectivity index (χ0n) is 10.5. The third-order valence-electron chi connectivity index (χ3n) is 3.06. The lowest BCUT2D eigenvalue weighted by atomic mass is 9.85. The fraction of sp³-hybridized carbons (Fsp3) is 0.833. The van der Waals surface area contributed by atoms with Crippen LogP contribution in [0.5, 0.6) is 0 Å². The Hall–Kier alpha value is -0.900. The molecule has 0 aliphatic heterocycles. The largest absolute Gasteiger partial charge is 0.306 e. The molecule has 1 aromatic heterocycles. The van der Waals surface area contributed by atoms with Gasteiger partial charge in [-0.2, -0.15) is 0 Å². The standard InChI is InChI=1S/C12H22N4/c1-12(2,3)13-7-11-9-16(15-14-11)8-10-5-4-6-10/h9-10,13H,4-8H2,1-3H3. The van der Waals surface area contributed by atoms with E-state index in [1.54, 1.807) is 0 Å². The highest BCUT2D eigenvalue weighted by atomic mass is 15.4. The van der Waals surface area contributed by atoms with Gasteiger partial charge in [-0.05, 0) is 39.5 Å². The quantitative estimate of drug-likeness (QED) is 0.847. The zero-order chi connectivity index (χ0) is 11.6. The van der Waals surface area contributed by atoms with Crippen molar-refractivity contribution in [3.63, 3.8) is 0 Å². The Morgan fingerprint density at radius 1 is 1.44 bits per heavy atom. The van der Waals surface area contributed by atoms with Gasteiger partial charge in [0.25, 0.3) is 0 Å². The van der Waals surface area contributed by atoms with E-state index in [0.29, 0.717) is 0 Å². The first-order valence-corrected chi connectivity index (χ1v) is 6.17. The third-order valence-corrected chi connectivity index (χ3v) is 3.06. The lowest BCUT2D eigenvalue weighted by molar-refractivity contribution is 0.264. The molecule has 1 aromatic rings. The summed E-state index contributed by atoms with van der Waals surface area (Å²) in [5.74, 6) is 0.838. The van der Waals surface area contributed by atoms with Gasteiger partial charge in [-0.3, -0.25) is 4.68 Å². The SMILES string of the molecule is CC(C)(C)NCc1cn(CC2CCC2)nn1. The van der Waals surface area contributed by atoms with Gasteiger partial charge in [-0.1, -0.05) is 11.6 Å². The molecule has 0 saturated heterocycles. The summed E-state index contributed by atoms with van der Waals surface area (Å²) < 4.78 is 1.99. The molecule has 0 amide bonds. The molecule has 1 aliphatic carbocycles. The molecular weight excluding hydrogens is 200 g/mol. The van der Waals surface area contributed by atoms with E-state index < -0.39 is 0 Å². The molecule has 1 saturated carbocycles. The Morgan fingerprint density at radius 2 is 2.19 bits per heavy atom. The highest BCUT2D eigenvalue weighted by Gasteiger charge is 2.18. The summed E-state index contributed by atoms with van der Waals surface area (Å²) in [6.45, 7) is 8.32. The minimum absolute atomic E-state index is 0.137. The summed E-state index contributed by atoms with van der Waals surface area (Å²) in [5.41, 5.74) is 1.17. The first kappa shape index (κ1) is 11.6. The van der Waals surface area contributed by atoms with Crippen molar-refractivity contribution in [3.05, 3.63) is 11.9 Å². The molecule has 16 heavy (non-hydrogen) atoms. The van der Waals surface area contributed by atoms with Crippen molar-refractivity contribution in [2.75, 3.05) is 0 Å². The minimum atomic E-state index is 0.137. The van der Waals surface area contributed by atoms with Crippen molar-refractivity contribution >= 4 is 0 Å². The Bertz CT molecular complexity index is 333. The molecule has 1 N–H and O–H groups in total. The molecular formula is C12H22N4. The van der Waals surface area contributed by atoms with Gasteiger partial charge >= 0.3 is 0 Å². The van der Waals surface area contributed by atoms with Crippen LogP contribution in [0, 0.1) is 5.92 Å². The van der Waals surface area contributed by atoms with Crippen LogP contribution in [0.2, 0.25) is 0 Å². The molecule has 1 aliphatic rings. The van der Waals surface area contributed by atoms with E-state index in [-0.39, 0.29) is 5.54 Å². The maximum absolute atomic E-state index is 4.18. The normalized spacial score (nSPS) is 17.4. The Balaban J connectivity index is 1.82. The van der Waals surface area contributed by atoms with Crippen molar-refractivity contribution in [2.24, 2.45) is 5.92 Å². The lowest BCUT2D eigenvalue weighted by Gasteiger charge is -2.24. The van der Waals surface area contributed by atoms with E-state index in [1.165, 1.54) is 19.3 Å². The summed E-state index contributed by atoms with van der Waals surface area (Å²) in [7, 11) is 0. The van der Waals surface area contributed by atoms with Gasteiger partial charge in [-0.15, -0.1) is 5.10 Å². The summed E-state index contributed by atoms with van der Waals surface area (Å²) in [4.78, 5) is 0. The third kappa shape index (κ3) is 3.30. The van der Waals surface area contributed by atoms with Crippen LogP contribution in [0.1, 0.15) is 45.7 Å². The van der Waals surface area contributed by atoms with Crippen LogP contribution < -0.4 is 5.32 Å². The van der Waals surface area contributed by atoms with Crippen LogP contribution in [0.3, 0.4) is 0 Å². The molecule has 4 heteroatoms. The van der Waals surface area contributed by atoms with Gasteiger partial charge in [0.1, 0.15) is 0 Å². The van der Waals surface area contributed by atoms with Crippen molar-refractivity contribution < 1.29 is 0 Å². The first-order valence-electron chi connectivity index (χ1n) is 6.17. The second-order valence-corrected chi connectivity index (χ2v) is 5.83. The molecule has 0 spiro atoms. The van der Waals surface area contributed by atoms with Crippen molar-refractivity contribution in [3.8, 4) is 0 Å². The molecule has 0 atom stereocenters. The van der Waals surface area contributed by atoms with Crippen LogP contribution in [-0.4, -0.2) is 20.5 Å². The number of nitrogens with zero attached hydrogens (tertiary/aromatic N) is 3. The van der Waals surface area contributed by atoms with Crippen LogP contribution in [0.25, 0.3) is 0 Å². The van der Waals surface area contributed by atoms with Gasteiger partial charge in [0.15, 0.2) is 0 Å². The number of hydrogen-bond donors (Lipinski definition) is 1. The first-order chi connectivity index (χ1) is 7.53. The maximum Gasteiger partial charge on any atom is 0.0965 e. The van der Waals surface area contributed by atoms with E-state index >= 15 is 0 Å². The minimum Gasteiger partial charge on any atom is -0.306 e. The highest BCUT2D eigenvalue weighted by molar-refractivity contribution is 4.93. The van der Waals surface area contributed by atoms with Gasteiger partial charge in [0.2, 0.25) is 0 Å². The average Bonchev–Trinajstić information content (AvgIpc) is 2.55. The summed E-state index contributed by atoms with van der Waals surface area (Å²) in [6.07, 6.45) is 6.17. The van der Waals surface area contributed by atoms with E-state index in [0.717, 1.165) is 24.7 Å².